The van der Waals surface area contributed by atoms with Crippen LogP contribution < -0.4 is 11.5 Å². The highest BCUT2D eigenvalue weighted by molar-refractivity contribution is 7.80. The molecule has 1 fully saturated rings. The molecule has 1 aromatic heterocycles. The summed E-state index contributed by atoms with van der Waals surface area (Å²) >= 11 is 3.89. The van der Waals surface area contributed by atoms with E-state index in [0.29, 0.717) is 5.69 Å². The Morgan fingerprint density at radius 2 is 2.33 bits per heavy atom. The second-order valence-electron chi connectivity index (χ2n) is 5.79. The fourth-order valence-electron chi connectivity index (χ4n) is 2.58. The molecule has 0 aliphatic carbocycles. The van der Waals surface area contributed by atoms with Crippen LogP contribution >= 0.6 is 12.6 Å². The van der Waals surface area contributed by atoms with Crippen molar-refractivity contribution in [2.45, 2.75) is 30.0 Å². The largest absolute Gasteiger partial charge is 0.462 e. The van der Waals surface area contributed by atoms with Crippen LogP contribution in [0.1, 0.15) is 11.4 Å². The zero-order valence-corrected chi connectivity index (χ0v) is 15.0. The Labute approximate surface area is 159 Å². The number of hydrogen-bond acceptors (Lipinski definition) is 9. The number of H-pyrrole nitrogens is 1. The molecule has 8 N–H and O–H groups in total. The molecule has 0 saturated carbocycles. The van der Waals surface area contributed by atoms with E-state index in [4.69, 9.17) is 26.4 Å². The molecule has 2 heterocycles. The number of aliphatic imine (C=N–C) groups is 1. The lowest BCUT2D eigenvalue weighted by Crippen LogP contribution is -2.40. The zero-order valence-electron chi connectivity index (χ0n) is 14.1. The number of rotatable bonds is 7. The number of aliphatic hydroxyl groups is 2. The molecule has 0 aromatic carbocycles. The van der Waals surface area contributed by atoms with Gasteiger partial charge in [-0.3, -0.25) is 10.2 Å². The van der Waals surface area contributed by atoms with Crippen LogP contribution in [0, 0.1) is 16.7 Å². The van der Waals surface area contributed by atoms with Gasteiger partial charge in [-0.1, -0.05) is 0 Å². The summed E-state index contributed by atoms with van der Waals surface area (Å²) in [5.74, 6) is -0.687. The summed E-state index contributed by atoms with van der Waals surface area (Å²) in [6, 6.07) is 3.82. The van der Waals surface area contributed by atoms with Crippen LogP contribution in [0.5, 0.6) is 0 Å². The molecular weight excluding hydrogens is 376 g/mol. The fraction of sp³-hybridized carbons (Fsp3) is 0.467. The van der Waals surface area contributed by atoms with E-state index in [2.05, 4.69) is 22.6 Å². The summed E-state index contributed by atoms with van der Waals surface area (Å²) in [6.45, 7) is -0.410. The summed E-state index contributed by atoms with van der Waals surface area (Å²) in [7, 11) is 0. The Bertz CT molecular complexity index is 777. The minimum atomic E-state index is -1.94. The summed E-state index contributed by atoms with van der Waals surface area (Å²) in [4.78, 5) is 18.0. The Hall–Kier alpha value is -2.43. The number of nitrogens with zero attached hydrogens (tertiary/aromatic N) is 2. The van der Waals surface area contributed by atoms with E-state index in [0.717, 1.165) is 6.34 Å². The van der Waals surface area contributed by atoms with Crippen LogP contribution in [-0.2, 0) is 19.9 Å². The number of aliphatic hydroxyl groups excluding tert-OH is 2. The third kappa shape index (κ3) is 3.97. The number of nitriles is 1. The highest BCUT2D eigenvalue weighted by Gasteiger charge is 2.57. The van der Waals surface area contributed by atoms with E-state index in [-0.39, 0.29) is 17.3 Å². The molecule has 2 rings (SSSR count). The first-order chi connectivity index (χ1) is 12.8. The lowest BCUT2D eigenvalue weighted by atomic mass is 9.93. The first kappa shape index (κ1) is 20.9. The van der Waals surface area contributed by atoms with Crippen molar-refractivity contribution in [2.75, 3.05) is 12.4 Å². The number of aromatic nitrogens is 1. The molecule has 11 nitrogen and oxygen atoms in total. The SMILES string of the molecule is N#C[C@@]1(c2ccc(/C(N)=N\C=N)[nH]2)O[C@H](COC(=O)[C@@H](N)CS)[C@@H](O)[C@H]1O. The normalized spacial score (nSPS) is 29.1. The number of amidine groups is 1. The molecule has 0 spiro atoms. The average Bonchev–Trinajstić information content (AvgIpc) is 3.25. The van der Waals surface area contributed by atoms with Crippen LogP contribution in [0.2, 0.25) is 0 Å². The lowest BCUT2D eigenvalue weighted by Gasteiger charge is -2.23. The van der Waals surface area contributed by atoms with Gasteiger partial charge < -0.3 is 36.1 Å². The molecule has 146 valence electrons. The molecule has 1 aliphatic rings. The van der Waals surface area contributed by atoms with Crippen molar-refractivity contribution in [1.82, 2.24) is 4.98 Å². The van der Waals surface area contributed by atoms with Crippen LogP contribution in [0.25, 0.3) is 0 Å². The number of carbonyl (C=O) groups excluding carboxylic acids is 1. The number of nitrogens with two attached hydrogens (primary N) is 2. The number of thiol groups is 1. The van der Waals surface area contributed by atoms with Crippen molar-refractivity contribution in [2.24, 2.45) is 16.5 Å². The van der Waals surface area contributed by atoms with Gasteiger partial charge >= 0.3 is 5.97 Å². The Morgan fingerprint density at radius 3 is 2.93 bits per heavy atom. The van der Waals surface area contributed by atoms with E-state index < -0.39 is 42.5 Å². The van der Waals surface area contributed by atoms with Gasteiger partial charge in [0.1, 0.15) is 49.2 Å². The van der Waals surface area contributed by atoms with Gasteiger partial charge in [-0.25, -0.2) is 4.99 Å². The molecule has 12 heteroatoms. The van der Waals surface area contributed by atoms with Crippen molar-refractivity contribution >= 4 is 30.8 Å². The molecule has 0 radical (unpaired) electrons. The van der Waals surface area contributed by atoms with Gasteiger partial charge in [0, 0.05) is 5.75 Å². The second-order valence-corrected chi connectivity index (χ2v) is 6.15. The quantitative estimate of drug-likeness (QED) is 0.118. The van der Waals surface area contributed by atoms with Crippen LogP contribution in [0.3, 0.4) is 0 Å². The standard InChI is InChI=1S/C15H20N6O5S/c16-5-15(10-2-1-8(21-10)13(19)20-6-17)12(23)11(22)9(26-15)3-25-14(24)7(18)4-27/h1-2,6-7,9,11-12,21-23,27H,3-4,18H2,(H3,17,19,20)/t7-,9+,11+,12+,15-/m0/s1. The summed E-state index contributed by atoms with van der Waals surface area (Å²) in [5.41, 5.74) is 9.64. The number of hydrogen-bond donors (Lipinski definition) is 7. The van der Waals surface area contributed by atoms with E-state index >= 15 is 0 Å². The number of nitrogens with one attached hydrogen (secondary N) is 2. The first-order valence-corrected chi connectivity index (χ1v) is 8.44. The van der Waals surface area contributed by atoms with Gasteiger partial charge in [0.05, 0.1) is 11.4 Å². The Balaban J connectivity index is 2.22. The Morgan fingerprint density at radius 1 is 1.63 bits per heavy atom. The van der Waals surface area contributed by atoms with E-state index in [1.54, 1.807) is 0 Å². The number of aromatic amines is 1. The maximum atomic E-state index is 11.6. The summed E-state index contributed by atoms with van der Waals surface area (Å²) < 4.78 is 10.5. The van der Waals surface area contributed by atoms with E-state index in [1.807, 2.05) is 6.07 Å². The van der Waals surface area contributed by atoms with Crippen molar-refractivity contribution in [3.8, 4) is 6.07 Å². The summed E-state index contributed by atoms with van der Waals surface area (Å²) in [6.07, 6.45) is -3.53. The lowest BCUT2D eigenvalue weighted by molar-refractivity contribution is -0.151. The molecule has 5 atom stereocenters. The zero-order chi connectivity index (χ0) is 20.2. The minimum Gasteiger partial charge on any atom is -0.462 e. The number of ether oxygens (including phenoxy) is 2. The topological polar surface area (TPSA) is 204 Å². The van der Waals surface area contributed by atoms with Crippen molar-refractivity contribution in [1.29, 1.82) is 10.7 Å². The fourth-order valence-corrected chi connectivity index (χ4v) is 2.73. The highest BCUT2D eigenvalue weighted by atomic mass is 32.1. The summed E-state index contributed by atoms with van der Waals surface area (Å²) in [5, 5.41) is 37.2. The van der Waals surface area contributed by atoms with Gasteiger partial charge in [0.15, 0.2) is 0 Å². The number of carbonyl (C=O) groups is 1. The molecule has 0 bridgehead atoms. The first-order valence-electron chi connectivity index (χ1n) is 7.81. The van der Waals surface area contributed by atoms with Crippen LogP contribution in [0.4, 0.5) is 0 Å². The third-order valence-electron chi connectivity index (χ3n) is 4.08. The van der Waals surface area contributed by atoms with Crippen molar-refractivity contribution in [3.63, 3.8) is 0 Å². The van der Waals surface area contributed by atoms with E-state index in [1.165, 1.54) is 12.1 Å². The molecule has 0 unspecified atom stereocenters. The highest BCUT2D eigenvalue weighted by Crippen LogP contribution is 2.39. The maximum absolute atomic E-state index is 11.6. The van der Waals surface area contributed by atoms with Gasteiger partial charge in [0.2, 0.25) is 5.60 Å². The molecule has 1 saturated heterocycles. The monoisotopic (exact) mass is 396 g/mol. The van der Waals surface area contributed by atoms with Crippen LogP contribution in [0.15, 0.2) is 17.1 Å². The van der Waals surface area contributed by atoms with Crippen molar-refractivity contribution in [3.05, 3.63) is 23.5 Å². The Kier molecular flexibility index (Phi) is 6.58. The smallest absolute Gasteiger partial charge is 0.323 e. The van der Waals surface area contributed by atoms with Gasteiger partial charge in [-0.05, 0) is 12.1 Å². The third-order valence-corrected chi connectivity index (χ3v) is 4.47. The van der Waals surface area contributed by atoms with Crippen LogP contribution in [-0.4, -0.2) is 70.1 Å². The minimum absolute atomic E-state index is 0.0106. The predicted molar refractivity (Wildman–Crippen MR) is 97.3 cm³/mol. The number of esters is 1. The molecular formula is C15H20N6O5S. The molecule has 0 amide bonds. The van der Waals surface area contributed by atoms with Gasteiger partial charge in [-0.2, -0.15) is 17.9 Å². The molecule has 1 aliphatic heterocycles. The predicted octanol–water partition coefficient (Wildman–Crippen LogP) is -2.03. The van der Waals surface area contributed by atoms with Gasteiger partial charge in [-0.15, -0.1) is 0 Å². The second kappa shape index (κ2) is 8.51. The maximum Gasteiger partial charge on any atom is 0.323 e. The van der Waals surface area contributed by atoms with Crippen molar-refractivity contribution < 1.29 is 24.5 Å². The van der Waals surface area contributed by atoms with Gasteiger partial charge in [0.25, 0.3) is 0 Å². The average molecular weight is 396 g/mol. The van der Waals surface area contributed by atoms with E-state index in [9.17, 15) is 20.3 Å². The molecule has 27 heavy (non-hydrogen) atoms. The molecule has 1 aromatic rings.